The van der Waals surface area contributed by atoms with Gasteiger partial charge in [-0.1, -0.05) is 22.4 Å². The van der Waals surface area contributed by atoms with Gasteiger partial charge in [-0.05, 0) is 12.8 Å². The van der Waals surface area contributed by atoms with Crippen LogP contribution in [0.25, 0.3) is 0 Å². The molecule has 0 bridgehead atoms. The molecule has 5 heteroatoms. The van der Waals surface area contributed by atoms with Crippen LogP contribution in [0.3, 0.4) is 0 Å². The van der Waals surface area contributed by atoms with E-state index in [9.17, 15) is 9.59 Å². The van der Waals surface area contributed by atoms with Crippen LogP contribution in [0.1, 0.15) is 25.7 Å². The molecule has 0 aromatic carbocycles. The summed E-state index contributed by atoms with van der Waals surface area (Å²) in [6, 6.07) is 0. The van der Waals surface area contributed by atoms with Crippen LogP contribution in [0.2, 0.25) is 0 Å². The molecule has 13 heavy (non-hydrogen) atoms. The van der Waals surface area contributed by atoms with Gasteiger partial charge in [0.05, 0.1) is 0 Å². The summed E-state index contributed by atoms with van der Waals surface area (Å²) in [6.45, 7) is 0. The predicted molar refractivity (Wildman–Crippen MR) is 52.0 cm³/mol. The van der Waals surface area contributed by atoms with Crippen molar-refractivity contribution in [2.24, 2.45) is 5.92 Å². The molecular formula is C8H13BrN2O2. The van der Waals surface area contributed by atoms with E-state index >= 15 is 0 Å². The number of alkyl halides is 1. The van der Waals surface area contributed by atoms with Gasteiger partial charge in [0.15, 0.2) is 0 Å². The first-order valence-electron chi connectivity index (χ1n) is 4.38. The molecule has 1 unspecified atom stereocenters. The highest BCUT2D eigenvalue weighted by Gasteiger charge is 2.25. The Morgan fingerprint density at radius 2 is 2.08 bits per heavy atom. The van der Waals surface area contributed by atoms with Gasteiger partial charge < -0.3 is 0 Å². The first-order chi connectivity index (χ1) is 6.24. The summed E-state index contributed by atoms with van der Waals surface area (Å²) in [7, 11) is 0. The highest BCUT2D eigenvalue weighted by atomic mass is 79.9. The Kier molecular flexibility index (Phi) is 4.21. The normalized spacial score (nSPS) is 22.4. The molecule has 0 saturated carbocycles. The molecule has 0 aliphatic carbocycles. The molecule has 0 radical (unpaired) electrons. The standard InChI is InChI=1S/C8H13BrN2O2/c9-4-2-1-3-6-5-7(12)10-11-8(6)13/h6H,1-5H2,(H,10,12)(H,11,13). The molecule has 0 spiro atoms. The maximum atomic E-state index is 11.2. The summed E-state index contributed by atoms with van der Waals surface area (Å²) in [6.07, 6.45) is 3.15. The quantitative estimate of drug-likeness (QED) is 0.569. The Morgan fingerprint density at radius 3 is 2.77 bits per heavy atom. The summed E-state index contributed by atoms with van der Waals surface area (Å²) in [5.74, 6) is -0.287. The van der Waals surface area contributed by atoms with Crippen molar-refractivity contribution in [3.05, 3.63) is 0 Å². The van der Waals surface area contributed by atoms with Crippen molar-refractivity contribution in [2.75, 3.05) is 5.33 Å². The van der Waals surface area contributed by atoms with Crippen LogP contribution < -0.4 is 10.9 Å². The average Bonchev–Trinajstić information content (AvgIpc) is 2.11. The largest absolute Gasteiger partial charge is 0.273 e. The number of halogens is 1. The SMILES string of the molecule is O=C1CC(CCCCBr)C(=O)NN1. The van der Waals surface area contributed by atoms with E-state index in [0.29, 0.717) is 6.42 Å². The van der Waals surface area contributed by atoms with Crippen molar-refractivity contribution in [2.45, 2.75) is 25.7 Å². The van der Waals surface area contributed by atoms with Gasteiger partial charge in [0.1, 0.15) is 0 Å². The van der Waals surface area contributed by atoms with Crippen LogP contribution in [0.4, 0.5) is 0 Å². The van der Waals surface area contributed by atoms with E-state index in [2.05, 4.69) is 26.8 Å². The molecule has 1 fully saturated rings. The first-order valence-corrected chi connectivity index (χ1v) is 5.51. The van der Waals surface area contributed by atoms with E-state index in [1.54, 1.807) is 0 Å². The lowest BCUT2D eigenvalue weighted by Crippen LogP contribution is -2.50. The molecule has 0 aromatic rings. The molecule has 1 aliphatic rings. The molecular weight excluding hydrogens is 236 g/mol. The van der Waals surface area contributed by atoms with Crippen LogP contribution in [0.15, 0.2) is 0 Å². The lowest BCUT2D eigenvalue weighted by atomic mass is 9.96. The van der Waals surface area contributed by atoms with Gasteiger partial charge in [0.2, 0.25) is 11.8 Å². The molecule has 0 aromatic heterocycles. The maximum Gasteiger partial charge on any atom is 0.242 e. The van der Waals surface area contributed by atoms with Gasteiger partial charge in [-0.15, -0.1) is 0 Å². The number of amides is 2. The Hall–Kier alpha value is -0.580. The van der Waals surface area contributed by atoms with Crippen LogP contribution in [0.5, 0.6) is 0 Å². The fourth-order valence-corrected chi connectivity index (χ4v) is 1.72. The number of rotatable bonds is 4. The van der Waals surface area contributed by atoms with Gasteiger partial charge in [-0.2, -0.15) is 0 Å². The van der Waals surface area contributed by atoms with E-state index < -0.39 is 0 Å². The van der Waals surface area contributed by atoms with E-state index in [0.717, 1.165) is 24.6 Å². The van der Waals surface area contributed by atoms with Gasteiger partial charge in [0, 0.05) is 17.7 Å². The molecule has 2 N–H and O–H groups in total. The Bertz CT molecular complexity index is 208. The van der Waals surface area contributed by atoms with Crippen molar-refractivity contribution in [1.29, 1.82) is 0 Å². The van der Waals surface area contributed by atoms with Crippen molar-refractivity contribution < 1.29 is 9.59 Å². The number of hydrazine groups is 1. The minimum absolute atomic E-state index is 0.0610. The minimum Gasteiger partial charge on any atom is -0.273 e. The second kappa shape index (κ2) is 5.21. The molecule has 1 aliphatic heterocycles. The summed E-state index contributed by atoms with van der Waals surface area (Å²) in [4.78, 5) is 22.1. The van der Waals surface area contributed by atoms with Gasteiger partial charge in [-0.3, -0.25) is 20.4 Å². The van der Waals surface area contributed by atoms with Gasteiger partial charge >= 0.3 is 0 Å². The molecule has 1 heterocycles. The number of hydrogen-bond acceptors (Lipinski definition) is 2. The third-order valence-electron chi connectivity index (χ3n) is 2.06. The lowest BCUT2D eigenvalue weighted by Gasteiger charge is -2.21. The molecule has 1 rings (SSSR count). The van der Waals surface area contributed by atoms with E-state index in [1.165, 1.54) is 0 Å². The van der Waals surface area contributed by atoms with Crippen LogP contribution in [0, 0.1) is 5.92 Å². The van der Waals surface area contributed by atoms with Crippen molar-refractivity contribution >= 4 is 27.7 Å². The molecule has 2 amide bonds. The third kappa shape index (κ3) is 3.34. The van der Waals surface area contributed by atoms with Crippen molar-refractivity contribution in [1.82, 2.24) is 10.9 Å². The molecule has 1 atom stereocenters. The van der Waals surface area contributed by atoms with Crippen LogP contribution in [-0.4, -0.2) is 17.1 Å². The van der Waals surface area contributed by atoms with E-state index in [4.69, 9.17) is 0 Å². The third-order valence-corrected chi connectivity index (χ3v) is 2.62. The van der Waals surface area contributed by atoms with E-state index in [1.807, 2.05) is 0 Å². The van der Waals surface area contributed by atoms with Crippen molar-refractivity contribution in [3.63, 3.8) is 0 Å². The van der Waals surface area contributed by atoms with E-state index in [-0.39, 0.29) is 17.7 Å². The molecule has 4 nitrogen and oxygen atoms in total. The number of carbonyl (C=O) groups is 2. The summed E-state index contributed by atoms with van der Waals surface area (Å²) in [5, 5.41) is 0.952. The van der Waals surface area contributed by atoms with Gasteiger partial charge in [-0.25, -0.2) is 0 Å². The fourth-order valence-electron chi connectivity index (χ4n) is 1.32. The maximum absolute atomic E-state index is 11.2. The fraction of sp³-hybridized carbons (Fsp3) is 0.750. The predicted octanol–water partition coefficient (Wildman–Crippen LogP) is 0.719. The zero-order chi connectivity index (χ0) is 9.68. The highest BCUT2D eigenvalue weighted by Crippen LogP contribution is 2.15. The van der Waals surface area contributed by atoms with Crippen molar-refractivity contribution in [3.8, 4) is 0 Å². The second-order valence-electron chi connectivity index (χ2n) is 3.12. The Balaban J connectivity index is 2.29. The minimum atomic E-state index is -0.132. The van der Waals surface area contributed by atoms with Gasteiger partial charge in [0.25, 0.3) is 0 Å². The second-order valence-corrected chi connectivity index (χ2v) is 3.92. The lowest BCUT2D eigenvalue weighted by molar-refractivity contribution is -0.138. The smallest absolute Gasteiger partial charge is 0.242 e. The first kappa shape index (κ1) is 10.5. The molecule has 1 saturated heterocycles. The topological polar surface area (TPSA) is 58.2 Å². The monoisotopic (exact) mass is 248 g/mol. The zero-order valence-electron chi connectivity index (χ0n) is 7.31. The number of carbonyl (C=O) groups excluding carboxylic acids is 2. The molecule has 74 valence electrons. The number of nitrogens with one attached hydrogen (secondary N) is 2. The van der Waals surface area contributed by atoms with Crippen LogP contribution >= 0.6 is 15.9 Å². The van der Waals surface area contributed by atoms with Crippen LogP contribution in [-0.2, 0) is 9.59 Å². The highest BCUT2D eigenvalue weighted by molar-refractivity contribution is 9.09. The Labute approximate surface area is 85.5 Å². The number of unbranched alkanes of at least 4 members (excludes halogenated alkanes) is 1. The number of hydrogen-bond donors (Lipinski definition) is 2. The summed E-state index contributed by atoms with van der Waals surface area (Å²) in [5.41, 5.74) is 4.66. The summed E-state index contributed by atoms with van der Waals surface area (Å²) < 4.78 is 0. The summed E-state index contributed by atoms with van der Waals surface area (Å²) >= 11 is 3.32. The Morgan fingerprint density at radius 1 is 1.31 bits per heavy atom. The zero-order valence-corrected chi connectivity index (χ0v) is 8.89. The average molecular weight is 249 g/mol.